The van der Waals surface area contributed by atoms with Crippen molar-refractivity contribution in [3.8, 4) is 11.5 Å². The molecule has 0 unspecified atom stereocenters. The maximum Gasteiger partial charge on any atom is 0.329 e. The molecular weight excluding hydrogens is 507 g/mol. The molecule has 162 valence electrons. The number of urea groups is 1. The molecule has 0 saturated carbocycles. The van der Waals surface area contributed by atoms with Gasteiger partial charge in [0, 0.05) is 6.54 Å². The maximum absolute atomic E-state index is 12.4. The Morgan fingerprint density at radius 3 is 2.61 bits per heavy atom. The van der Waals surface area contributed by atoms with E-state index in [0.717, 1.165) is 10.5 Å². The average Bonchev–Trinajstić information content (AvgIpc) is 2.98. The predicted octanol–water partition coefficient (Wildman–Crippen LogP) is 5.81. The Bertz CT molecular complexity index is 1070. The third-order valence-corrected chi connectivity index (χ3v) is 5.61. The van der Waals surface area contributed by atoms with E-state index < -0.39 is 11.9 Å². The summed E-state index contributed by atoms with van der Waals surface area (Å²) in [7, 11) is 0. The van der Waals surface area contributed by atoms with Crippen LogP contribution >= 0.6 is 39.1 Å². The van der Waals surface area contributed by atoms with E-state index in [9.17, 15) is 9.59 Å². The van der Waals surface area contributed by atoms with Gasteiger partial charge in [-0.25, -0.2) is 4.79 Å². The van der Waals surface area contributed by atoms with Gasteiger partial charge in [-0.05, 0) is 64.3 Å². The first-order chi connectivity index (χ1) is 14.8. The van der Waals surface area contributed by atoms with Crippen LogP contribution in [0.1, 0.15) is 18.1 Å². The molecule has 9 heteroatoms. The van der Waals surface area contributed by atoms with Crippen LogP contribution in [0.5, 0.6) is 11.5 Å². The predicted molar refractivity (Wildman–Crippen MR) is 125 cm³/mol. The van der Waals surface area contributed by atoms with E-state index in [1.165, 1.54) is 6.08 Å². The molecule has 6 nitrogen and oxygen atoms in total. The van der Waals surface area contributed by atoms with Gasteiger partial charge >= 0.3 is 6.03 Å². The van der Waals surface area contributed by atoms with Gasteiger partial charge in [-0.1, -0.05) is 35.3 Å². The Morgan fingerprint density at radius 1 is 1.16 bits per heavy atom. The number of carbonyl (C=O) groups excluding carboxylic acids is 2. The lowest BCUT2D eigenvalue weighted by Gasteiger charge is -2.15. The number of benzene rings is 2. The lowest BCUT2D eigenvalue weighted by Crippen LogP contribution is -2.30. The summed E-state index contributed by atoms with van der Waals surface area (Å²) in [6, 6.07) is 8.29. The third kappa shape index (κ3) is 5.42. The van der Waals surface area contributed by atoms with Crippen molar-refractivity contribution in [3.05, 3.63) is 74.3 Å². The zero-order chi connectivity index (χ0) is 22.5. The maximum atomic E-state index is 12.4. The van der Waals surface area contributed by atoms with Crippen LogP contribution in [-0.2, 0) is 11.4 Å². The summed E-state index contributed by atoms with van der Waals surface area (Å²) in [5.74, 6) is 0.576. The molecule has 0 bridgehead atoms. The van der Waals surface area contributed by atoms with E-state index in [-0.39, 0.29) is 18.8 Å². The molecular formula is C22H19BrCl2N2O4. The minimum atomic E-state index is -0.484. The number of ether oxygens (including phenoxy) is 2. The van der Waals surface area contributed by atoms with Crippen LogP contribution in [0.15, 0.2) is 53.2 Å². The number of halogens is 3. The molecule has 3 amide bonds. The van der Waals surface area contributed by atoms with Gasteiger partial charge in [0.25, 0.3) is 5.91 Å². The summed E-state index contributed by atoms with van der Waals surface area (Å²) >= 11 is 15.5. The number of nitrogens with zero attached hydrogens (tertiary/aromatic N) is 1. The molecule has 0 radical (unpaired) electrons. The summed E-state index contributed by atoms with van der Waals surface area (Å²) in [4.78, 5) is 25.5. The van der Waals surface area contributed by atoms with Crippen molar-refractivity contribution in [1.29, 1.82) is 0 Å². The Balaban J connectivity index is 1.86. The van der Waals surface area contributed by atoms with Crippen molar-refractivity contribution < 1.29 is 19.1 Å². The fraction of sp³-hybridized carbons (Fsp3) is 0.182. The van der Waals surface area contributed by atoms with Crippen LogP contribution in [0.3, 0.4) is 0 Å². The molecule has 1 saturated heterocycles. The van der Waals surface area contributed by atoms with Crippen molar-refractivity contribution in [2.24, 2.45) is 0 Å². The highest BCUT2D eigenvalue weighted by Crippen LogP contribution is 2.38. The molecule has 1 fully saturated rings. The Labute approximate surface area is 198 Å². The lowest BCUT2D eigenvalue weighted by molar-refractivity contribution is -0.122. The Hall–Kier alpha value is -2.48. The summed E-state index contributed by atoms with van der Waals surface area (Å²) < 4.78 is 12.3. The van der Waals surface area contributed by atoms with Gasteiger partial charge in [0.1, 0.15) is 12.3 Å². The van der Waals surface area contributed by atoms with Gasteiger partial charge in [-0.3, -0.25) is 9.69 Å². The monoisotopic (exact) mass is 524 g/mol. The second-order valence-corrected chi connectivity index (χ2v) is 8.16. The highest BCUT2D eigenvalue weighted by molar-refractivity contribution is 9.10. The van der Waals surface area contributed by atoms with E-state index in [4.69, 9.17) is 32.7 Å². The lowest BCUT2D eigenvalue weighted by atomic mass is 10.1. The summed E-state index contributed by atoms with van der Waals surface area (Å²) in [6.07, 6.45) is 3.07. The quantitative estimate of drug-likeness (QED) is 0.268. The molecule has 31 heavy (non-hydrogen) atoms. The van der Waals surface area contributed by atoms with Gasteiger partial charge in [0.05, 0.1) is 21.1 Å². The van der Waals surface area contributed by atoms with Crippen LogP contribution in [0.4, 0.5) is 4.79 Å². The van der Waals surface area contributed by atoms with Crippen LogP contribution in [-0.4, -0.2) is 30.0 Å². The van der Waals surface area contributed by atoms with Gasteiger partial charge < -0.3 is 14.8 Å². The van der Waals surface area contributed by atoms with Crippen molar-refractivity contribution in [3.63, 3.8) is 0 Å². The average molecular weight is 526 g/mol. The fourth-order valence-electron chi connectivity index (χ4n) is 2.89. The second-order valence-electron chi connectivity index (χ2n) is 6.49. The number of carbonyl (C=O) groups is 2. The zero-order valence-corrected chi connectivity index (χ0v) is 19.7. The first-order valence-corrected chi connectivity index (χ1v) is 10.9. The van der Waals surface area contributed by atoms with Gasteiger partial charge in [-0.15, -0.1) is 6.58 Å². The smallest absolute Gasteiger partial charge is 0.329 e. The van der Waals surface area contributed by atoms with E-state index in [1.807, 2.05) is 13.0 Å². The molecule has 0 aromatic heterocycles. The molecule has 1 aliphatic heterocycles. The number of imide groups is 1. The highest BCUT2D eigenvalue weighted by atomic mass is 79.9. The molecule has 3 rings (SSSR count). The fourth-order valence-corrected chi connectivity index (χ4v) is 3.79. The standard InChI is InChI=1S/C22H19BrCl2N2O4/c1-3-7-27-21(28)18(26-22(27)29)10-14-8-15(23)20(19(11-14)30-4-2)31-12-13-5-6-16(24)17(25)9-13/h3,5-6,8-11H,1,4,7,12H2,2H3,(H,26,29)/b18-10+. The molecule has 1 N–H and O–H groups in total. The van der Waals surface area contributed by atoms with Crippen LogP contribution < -0.4 is 14.8 Å². The van der Waals surface area contributed by atoms with Gasteiger partial charge in [0.15, 0.2) is 11.5 Å². The van der Waals surface area contributed by atoms with Crippen molar-refractivity contribution >= 4 is 57.1 Å². The largest absolute Gasteiger partial charge is 0.490 e. The number of rotatable bonds is 8. The van der Waals surface area contributed by atoms with Crippen molar-refractivity contribution in [1.82, 2.24) is 10.2 Å². The van der Waals surface area contributed by atoms with E-state index in [1.54, 1.807) is 30.3 Å². The van der Waals surface area contributed by atoms with Gasteiger partial charge in [0.2, 0.25) is 0 Å². The first kappa shape index (κ1) is 23.2. The van der Waals surface area contributed by atoms with E-state index in [2.05, 4.69) is 27.8 Å². The Kier molecular flexibility index (Phi) is 7.64. The number of hydrogen-bond donors (Lipinski definition) is 1. The highest BCUT2D eigenvalue weighted by Gasteiger charge is 2.32. The van der Waals surface area contributed by atoms with E-state index >= 15 is 0 Å². The topological polar surface area (TPSA) is 67.9 Å². The molecule has 2 aromatic carbocycles. The minimum absolute atomic E-state index is 0.136. The number of hydrogen-bond acceptors (Lipinski definition) is 4. The van der Waals surface area contributed by atoms with Crippen LogP contribution in [0.25, 0.3) is 6.08 Å². The third-order valence-electron chi connectivity index (χ3n) is 4.28. The van der Waals surface area contributed by atoms with Crippen LogP contribution in [0.2, 0.25) is 10.0 Å². The Morgan fingerprint density at radius 2 is 1.94 bits per heavy atom. The molecule has 0 aliphatic carbocycles. The van der Waals surface area contributed by atoms with Gasteiger partial charge in [-0.2, -0.15) is 0 Å². The summed E-state index contributed by atoms with van der Waals surface area (Å²) in [6.45, 7) is 6.22. The second kappa shape index (κ2) is 10.2. The molecule has 2 aromatic rings. The minimum Gasteiger partial charge on any atom is -0.490 e. The molecule has 1 heterocycles. The molecule has 0 spiro atoms. The van der Waals surface area contributed by atoms with Crippen LogP contribution in [0, 0.1) is 0 Å². The first-order valence-electron chi connectivity index (χ1n) is 9.32. The number of nitrogens with one attached hydrogen (secondary N) is 1. The molecule has 0 atom stereocenters. The molecule has 1 aliphatic rings. The summed E-state index contributed by atoms with van der Waals surface area (Å²) in [5.41, 5.74) is 1.67. The normalized spacial score (nSPS) is 14.7. The SMILES string of the molecule is C=CCN1C(=O)N/C(=C/c2cc(Br)c(OCc3ccc(Cl)c(Cl)c3)c(OCC)c2)C1=O. The number of amides is 3. The zero-order valence-electron chi connectivity index (χ0n) is 16.6. The van der Waals surface area contributed by atoms with Crippen molar-refractivity contribution in [2.45, 2.75) is 13.5 Å². The summed E-state index contributed by atoms with van der Waals surface area (Å²) in [5, 5.41) is 3.49. The van der Waals surface area contributed by atoms with Crippen molar-refractivity contribution in [2.75, 3.05) is 13.2 Å². The van der Waals surface area contributed by atoms with E-state index in [0.29, 0.717) is 38.2 Å².